The van der Waals surface area contributed by atoms with Crippen molar-refractivity contribution >= 4 is 29.3 Å². The van der Waals surface area contributed by atoms with Crippen LogP contribution in [0.5, 0.6) is 5.75 Å². The molecule has 0 saturated heterocycles. The summed E-state index contributed by atoms with van der Waals surface area (Å²) in [4.78, 5) is 24.7. The van der Waals surface area contributed by atoms with Crippen molar-refractivity contribution in [2.24, 2.45) is 0 Å². The second kappa shape index (κ2) is 10.8. The van der Waals surface area contributed by atoms with Crippen LogP contribution < -0.4 is 15.4 Å². The molecule has 29 heavy (non-hydrogen) atoms. The zero-order valence-corrected chi connectivity index (χ0v) is 16.5. The van der Waals surface area contributed by atoms with Crippen LogP contribution in [-0.2, 0) is 15.8 Å². The fraction of sp³-hybridized carbons (Fsp3) is 0.300. The minimum absolute atomic E-state index is 0.00811. The summed E-state index contributed by atoms with van der Waals surface area (Å²) in [5.74, 6) is 0.00264. The molecule has 156 valence electrons. The number of hydrogen-bond donors (Lipinski definition) is 2. The number of carbonyl (C=O) groups excluding carboxylic acids is 2. The maximum absolute atomic E-state index is 12.8. The lowest BCUT2D eigenvalue weighted by Gasteiger charge is -2.19. The van der Waals surface area contributed by atoms with Crippen molar-refractivity contribution < 1.29 is 27.5 Å². The fourth-order valence-electron chi connectivity index (χ4n) is 2.41. The zero-order valence-electron chi connectivity index (χ0n) is 15.7. The molecule has 2 aromatic carbocycles. The van der Waals surface area contributed by atoms with E-state index in [0.717, 1.165) is 12.1 Å². The highest BCUT2D eigenvalue weighted by molar-refractivity contribution is 7.98. The van der Waals surface area contributed by atoms with Crippen molar-refractivity contribution in [3.8, 4) is 5.75 Å². The first-order chi connectivity index (χ1) is 13.8. The minimum atomic E-state index is -4.51. The quantitative estimate of drug-likeness (QED) is 0.637. The van der Waals surface area contributed by atoms with Crippen molar-refractivity contribution in [1.82, 2.24) is 5.32 Å². The Kier molecular flexibility index (Phi) is 8.38. The second-order valence-electron chi connectivity index (χ2n) is 6.07. The van der Waals surface area contributed by atoms with Gasteiger partial charge in [-0.1, -0.05) is 24.3 Å². The summed E-state index contributed by atoms with van der Waals surface area (Å²) < 4.78 is 43.9. The van der Waals surface area contributed by atoms with E-state index in [1.807, 2.05) is 12.3 Å². The SMILES string of the molecule is CSCCC(NC(=O)COc1ccccc1)C(=O)Nc1cccc(C(F)(F)F)c1. The average Bonchev–Trinajstić information content (AvgIpc) is 2.70. The number of amides is 2. The fourth-order valence-corrected chi connectivity index (χ4v) is 2.88. The van der Waals surface area contributed by atoms with E-state index in [9.17, 15) is 22.8 Å². The molecule has 0 aromatic heterocycles. The summed E-state index contributed by atoms with van der Waals surface area (Å²) in [5, 5.41) is 5.01. The Balaban J connectivity index is 1.99. The van der Waals surface area contributed by atoms with Crippen molar-refractivity contribution in [2.45, 2.75) is 18.6 Å². The second-order valence-corrected chi connectivity index (χ2v) is 7.06. The van der Waals surface area contributed by atoms with Gasteiger partial charge in [0.25, 0.3) is 5.91 Å². The smallest absolute Gasteiger partial charge is 0.416 e. The predicted octanol–water partition coefficient (Wildman–Crippen LogP) is 3.96. The van der Waals surface area contributed by atoms with Gasteiger partial charge < -0.3 is 15.4 Å². The van der Waals surface area contributed by atoms with Crippen LogP contribution in [0, 0.1) is 0 Å². The Hall–Kier alpha value is -2.68. The molecule has 0 radical (unpaired) electrons. The van der Waals surface area contributed by atoms with Crippen LogP contribution in [-0.4, -0.2) is 36.5 Å². The molecule has 0 heterocycles. The molecule has 0 bridgehead atoms. The summed E-state index contributed by atoms with van der Waals surface area (Å²) in [5.41, 5.74) is -0.856. The summed E-state index contributed by atoms with van der Waals surface area (Å²) in [6.45, 7) is -0.281. The highest BCUT2D eigenvalue weighted by Gasteiger charge is 2.30. The summed E-state index contributed by atoms with van der Waals surface area (Å²) >= 11 is 1.49. The van der Waals surface area contributed by atoms with Gasteiger partial charge >= 0.3 is 6.18 Å². The third kappa shape index (κ3) is 7.69. The standard InChI is InChI=1S/C20H21F3N2O3S/c1-29-11-10-17(25-18(26)13-28-16-8-3-2-4-9-16)19(27)24-15-7-5-6-14(12-15)20(21,22)23/h2-9,12,17H,10-11,13H2,1H3,(H,24,27)(H,25,26). The summed E-state index contributed by atoms with van der Waals surface area (Å²) in [6, 6.07) is 12.2. The number of nitrogens with one attached hydrogen (secondary N) is 2. The van der Waals surface area contributed by atoms with Crippen LogP contribution in [0.25, 0.3) is 0 Å². The number of thioether (sulfide) groups is 1. The van der Waals surface area contributed by atoms with Gasteiger partial charge in [-0.3, -0.25) is 9.59 Å². The first-order valence-electron chi connectivity index (χ1n) is 8.74. The topological polar surface area (TPSA) is 67.4 Å². The molecule has 0 aliphatic heterocycles. The molecule has 0 aliphatic carbocycles. The number of benzene rings is 2. The Labute approximate surface area is 171 Å². The van der Waals surface area contributed by atoms with E-state index in [4.69, 9.17) is 4.74 Å². The molecule has 2 N–H and O–H groups in total. The third-order valence-electron chi connectivity index (χ3n) is 3.83. The Bertz CT molecular complexity index is 816. The lowest BCUT2D eigenvalue weighted by Crippen LogP contribution is -2.45. The van der Waals surface area contributed by atoms with Gasteiger partial charge in [-0.2, -0.15) is 24.9 Å². The third-order valence-corrected chi connectivity index (χ3v) is 4.48. The number of halogens is 3. The number of ether oxygens (including phenoxy) is 1. The van der Waals surface area contributed by atoms with E-state index in [0.29, 0.717) is 17.9 Å². The molecule has 2 amide bonds. The maximum atomic E-state index is 12.8. The van der Waals surface area contributed by atoms with Crippen LogP contribution in [0.4, 0.5) is 18.9 Å². The molecular formula is C20H21F3N2O3S. The molecule has 0 spiro atoms. The maximum Gasteiger partial charge on any atom is 0.416 e. The number of hydrogen-bond acceptors (Lipinski definition) is 4. The Morgan fingerprint density at radius 2 is 1.83 bits per heavy atom. The normalized spacial score (nSPS) is 12.1. The highest BCUT2D eigenvalue weighted by Crippen LogP contribution is 2.30. The molecule has 0 saturated carbocycles. The van der Waals surface area contributed by atoms with Crippen molar-refractivity contribution in [2.75, 3.05) is 23.9 Å². The Morgan fingerprint density at radius 3 is 2.48 bits per heavy atom. The van der Waals surface area contributed by atoms with E-state index in [2.05, 4.69) is 10.6 Å². The minimum Gasteiger partial charge on any atom is -0.484 e. The molecule has 9 heteroatoms. The number of alkyl halides is 3. The van der Waals surface area contributed by atoms with Gasteiger partial charge in [-0.15, -0.1) is 0 Å². The lowest BCUT2D eigenvalue weighted by molar-refractivity contribution is -0.137. The van der Waals surface area contributed by atoms with Crippen molar-refractivity contribution in [3.63, 3.8) is 0 Å². The number of carbonyl (C=O) groups is 2. The van der Waals surface area contributed by atoms with E-state index in [1.165, 1.54) is 23.9 Å². The number of anilines is 1. The van der Waals surface area contributed by atoms with E-state index >= 15 is 0 Å². The van der Waals surface area contributed by atoms with Crippen molar-refractivity contribution in [1.29, 1.82) is 0 Å². The van der Waals surface area contributed by atoms with E-state index < -0.39 is 29.6 Å². The van der Waals surface area contributed by atoms with Gasteiger partial charge in [-0.05, 0) is 48.8 Å². The van der Waals surface area contributed by atoms with Crippen LogP contribution >= 0.6 is 11.8 Å². The largest absolute Gasteiger partial charge is 0.484 e. The van der Waals surface area contributed by atoms with Gasteiger partial charge in [0.1, 0.15) is 11.8 Å². The van der Waals surface area contributed by atoms with Crippen LogP contribution in [0.3, 0.4) is 0 Å². The van der Waals surface area contributed by atoms with Crippen LogP contribution in [0.1, 0.15) is 12.0 Å². The number of rotatable bonds is 9. The van der Waals surface area contributed by atoms with Gasteiger partial charge in [0.15, 0.2) is 6.61 Å². The summed E-state index contributed by atoms with van der Waals surface area (Å²) in [7, 11) is 0. The number of para-hydroxylation sites is 1. The lowest BCUT2D eigenvalue weighted by atomic mass is 10.1. The van der Waals surface area contributed by atoms with Gasteiger partial charge in [0.05, 0.1) is 5.56 Å². The van der Waals surface area contributed by atoms with Crippen LogP contribution in [0.15, 0.2) is 54.6 Å². The summed E-state index contributed by atoms with van der Waals surface area (Å²) in [6.07, 6.45) is -2.34. The van der Waals surface area contributed by atoms with Crippen LogP contribution in [0.2, 0.25) is 0 Å². The molecule has 0 fully saturated rings. The highest BCUT2D eigenvalue weighted by atomic mass is 32.2. The average molecular weight is 426 g/mol. The molecule has 2 aromatic rings. The van der Waals surface area contributed by atoms with Gasteiger partial charge in [0, 0.05) is 5.69 Å². The monoisotopic (exact) mass is 426 g/mol. The Morgan fingerprint density at radius 1 is 1.10 bits per heavy atom. The van der Waals surface area contributed by atoms with E-state index in [1.54, 1.807) is 24.3 Å². The van der Waals surface area contributed by atoms with Crippen molar-refractivity contribution in [3.05, 3.63) is 60.2 Å². The predicted molar refractivity (Wildman–Crippen MR) is 107 cm³/mol. The molecular weight excluding hydrogens is 405 g/mol. The first kappa shape index (κ1) is 22.6. The van der Waals surface area contributed by atoms with Gasteiger partial charge in [-0.25, -0.2) is 0 Å². The van der Waals surface area contributed by atoms with Gasteiger partial charge in [0.2, 0.25) is 5.91 Å². The van der Waals surface area contributed by atoms with E-state index in [-0.39, 0.29) is 12.3 Å². The molecule has 1 atom stereocenters. The molecule has 1 unspecified atom stereocenters. The molecule has 5 nitrogen and oxygen atoms in total. The molecule has 0 aliphatic rings. The first-order valence-corrected chi connectivity index (χ1v) is 10.1. The molecule has 2 rings (SSSR count). The zero-order chi connectivity index (χ0) is 21.3.